The van der Waals surface area contributed by atoms with Crippen molar-refractivity contribution in [2.45, 2.75) is 33.2 Å². The van der Waals surface area contributed by atoms with Gasteiger partial charge in [-0.05, 0) is 31.4 Å². The van der Waals surface area contributed by atoms with Crippen LogP contribution in [0.1, 0.15) is 37.8 Å². The maximum absolute atomic E-state index is 6.06. The number of nitrogens with two attached hydrogens (primary N) is 1. The van der Waals surface area contributed by atoms with Crippen molar-refractivity contribution >= 4 is 0 Å². The number of hydrogen-bond donors (Lipinski definition) is 1. The minimum Gasteiger partial charge on any atom is -0.496 e. The highest BCUT2D eigenvalue weighted by Gasteiger charge is 2.18. The van der Waals surface area contributed by atoms with Crippen LogP contribution in [0.25, 0.3) is 11.4 Å². The minimum atomic E-state index is -0.230. The molecule has 5 heteroatoms. The van der Waals surface area contributed by atoms with Gasteiger partial charge in [0.05, 0.1) is 18.7 Å². The van der Waals surface area contributed by atoms with Crippen LogP contribution in [0.2, 0.25) is 0 Å². The number of aromatic nitrogens is 2. The zero-order chi connectivity index (χ0) is 14.7. The fourth-order valence-corrected chi connectivity index (χ4v) is 2.10. The van der Waals surface area contributed by atoms with Crippen LogP contribution in [0.15, 0.2) is 22.7 Å². The van der Waals surface area contributed by atoms with Crippen molar-refractivity contribution in [3.63, 3.8) is 0 Å². The van der Waals surface area contributed by atoms with Gasteiger partial charge in [0.15, 0.2) is 0 Å². The molecule has 1 atom stereocenters. The Morgan fingerprint density at radius 2 is 2.10 bits per heavy atom. The van der Waals surface area contributed by atoms with Crippen molar-refractivity contribution < 1.29 is 9.26 Å². The number of rotatable bonds is 5. The van der Waals surface area contributed by atoms with Gasteiger partial charge in [-0.25, -0.2) is 0 Å². The molecule has 1 unspecified atom stereocenters. The average Bonchev–Trinajstić information content (AvgIpc) is 2.87. The Labute approximate surface area is 119 Å². The van der Waals surface area contributed by atoms with E-state index in [1.807, 2.05) is 25.1 Å². The SMILES string of the molecule is COc1ccc(C)cc1-c1noc(C(N)CC(C)C)n1. The summed E-state index contributed by atoms with van der Waals surface area (Å²) in [5, 5.41) is 4.02. The van der Waals surface area contributed by atoms with E-state index in [4.69, 9.17) is 15.0 Å². The summed E-state index contributed by atoms with van der Waals surface area (Å²) >= 11 is 0. The predicted octanol–water partition coefficient (Wildman–Crippen LogP) is 3.10. The van der Waals surface area contributed by atoms with E-state index in [0.29, 0.717) is 17.6 Å². The molecule has 0 saturated carbocycles. The number of aryl methyl sites for hydroxylation is 1. The predicted molar refractivity (Wildman–Crippen MR) is 77.4 cm³/mol. The van der Waals surface area contributed by atoms with Gasteiger partial charge in [-0.1, -0.05) is 30.6 Å². The summed E-state index contributed by atoms with van der Waals surface area (Å²) in [6, 6.07) is 5.62. The topological polar surface area (TPSA) is 74.2 Å². The summed E-state index contributed by atoms with van der Waals surface area (Å²) in [4.78, 5) is 4.40. The lowest BCUT2D eigenvalue weighted by Crippen LogP contribution is -2.13. The van der Waals surface area contributed by atoms with Gasteiger partial charge in [0.25, 0.3) is 0 Å². The zero-order valence-corrected chi connectivity index (χ0v) is 12.4. The second-order valence-corrected chi connectivity index (χ2v) is 5.40. The van der Waals surface area contributed by atoms with E-state index in [9.17, 15) is 0 Å². The first-order valence-corrected chi connectivity index (χ1v) is 6.75. The Morgan fingerprint density at radius 3 is 2.75 bits per heavy atom. The van der Waals surface area contributed by atoms with E-state index in [1.54, 1.807) is 7.11 Å². The minimum absolute atomic E-state index is 0.230. The molecule has 0 saturated heterocycles. The van der Waals surface area contributed by atoms with Crippen molar-refractivity contribution in [2.75, 3.05) is 7.11 Å². The van der Waals surface area contributed by atoms with Gasteiger partial charge in [-0.15, -0.1) is 0 Å². The van der Waals surface area contributed by atoms with E-state index < -0.39 is 0 Å². The summed E-state index contributed by atoms with van der Waals surface area (Å²) in [6.45, 7) is 6.23. The highest BCUT2D eigenvalue weighted by atomic mass is 16.5. The molecule has 2 N–H and O–H groups in total. The number of nitrogens with zero attached hydrogens (tertiary/aromatic N) is 2. The molecule has 108 valence electrons. The van der Waals surface area contributed by atoms with Gasteiger partial charge in [-0.2, -0.15) is 4.98 Å². The molecule has 1 heterocycles. The lowest BCUT2D eigenvalue weighted by atomic mass is 10.0. The molecule has 0 aliphatic heterocycles. The van der Waals surface area contributed by atoms with Crippen LogP contribution in [0.4, 0.5) is 0 Å². The number of hydrogen-bond acceptors (Lipinski definition) is 5. The van der Waals surface area contributed by atoms with Crippen LogP contribution >= 0.6 is 0 Å². The van der Waals surface area contributed by atoms with Crippen molar-refractivity contribution in [1.82, 2.24) is 10.1 Å². The van der Waals surface area contributed by atoms with E-state index >= 15 is 0 Å². The van der Waals surface area contributed by atoms with Gasteiger partial charge >= 0.3 is 0 Å². The van der Waals surface area contributed by atoms with Crippen LogP contribution in [-0.4, -0.2) is 17.3 Å². The van der Waals surface area contributed by atoms with E-state index in [0.717, 1.165) is 23.3 Å². The molecular formula is C15H21N3O2. The Morgan fingerprint density at radius 1 is 1.35 bits per heavy atom. The van der Waals surface area contributed by atoms with Crippen molar-refractivity contribution in [3.05, 3.63) is 29.7 Å². The molecule has 0 amide bonds. The highest BCUT2D eigenvalue weighted by molar-refractivity contribution is 5.64. The molecule has 2 rings (SSSR count). The monoisotopic (exact) mass is 275 g/mol. The van der Waals surface area contributed by atoms with Crippen LogP contribution in [-0.2, 0) is 0 Å². The standard InChI is InChI=1S/C15H21N3O2/c1-9(2)7-12(16)15-17-14(18-20-15)11-8-10(3)5-6-13(11)19-4/h5-6,8-9,12H,7,16H2,1-4H3. The normalized spacial score (nSPS) is 12.7. The quantitative estimate of drug-likeness (QED) is 0.907. The molecule has 0 fully saturated rings. The van der Waals surface area contributed by atoms with Crippen LogP contribution in [0.3, 0.4) is 0 Å². The molecule has 1 aromatic carbocycles. The molecule has 0 radical (unpaired) electrons. The maximum Gasteiger partial charge on any atom is 0.243 e. The molecule has 0 bridgehead atoms. The maximum atomic E-state index is 6.06. The Kier molecular flexibility index (Phi) is 4.39. The summed E-state index contributed by atoms with van der Waals surface area (Å²) in [5.74, 6) is 2.19. The number of benzene rings is 1. The highest BCUT2D eigenvalue weighted by Crippen LogP contribution is 2.29. The van der Waals surface area contributed by atoms with Gasteiger partial charge in [-0.3, -0.25) is 0 Å². The summed E-state index contributed by atoms with van der Waals surface area (Å²) in [7, 11) is 1.62. The molecule has 20 heavy (non-hydrogen) atoms. The van der Waals surface area contributed by atoms with Crippen molar-refractivity contribution in [3.8, 4) is 17.1 Å². The van der Waals surface area contributed by atoms with Gasteiger partial charge in [0.2, 0.25) is 11.7 Å². The Hall–Kier alpha value is -1.88. The van der Waals surface area contributed by atoms with Gasteiger partial charge in [0.1, 0.15) is 5.75 Å². The van der Waals surface area contributed by atoms with Crippen LogP contribution in [0.5, 0.6) is 5.75 Å². The van der Waals surface area contributed by atoms with Crippen LogP contribution < -0.4 is 10.5 Å². The summed E-state index contributed by atoms with van der Waals surface area (Å²) in [5.41, 5.74) is 7.99. The molecule has 1 aromatic heterocycles. The van der Waals surface area contributed by atoms with E-state index in [1.165, 1.54) is 0 Å². The van der Waals surface area contributed by atoms with Gasteiger partial charge < -0.3 is 15.0 Å². The Balaban J connectivity index is 2.31. The largest absolute Gasteiger partial charge is 0.496 e. The molecular weight excluding hydrogens is 254 g/mol. The van der Waals surface area contributed by atoms with E-state index in [-0.39, 0.29) is 6.04 Å². The number of ether oxygens (including phenoxy) is 1. The third-order valence-electron chi connectivity index (χ3n) is 3.08. The lowest BCUT2D eigenvalue weighted by molar-refractivity contribution is 0.335. The Bertz CT molecular complexity index is 578. The smallest absolute Gasteiger partial charge is 0.243 e. The van der Waals surface area contributed by atoms with Crippen LogP contribution in [0, 0.1) is 12.8 Å². The van der Waals surface area contributed by atoms with E-state index in [2.05, 4.69) is 24.0 Å². The first-order chi connectivity index (χ1) is 9.51. The third kappa shape index (κ3) is 3.17. The average molecular weight is 275 g/mol. The summed E-state index contributed by atoms with van der Waals surface area (Å²) < 4.78 is 10.6. The van der Waals surface area contributed by atoms with Gasteiger partial charge in [0, 0.05) is 0 Å². The molecule has 0 spiro atoms. The third-order valence-corrected chi connectivity index (χ3v) is 3.08. The first-order valence-electron chi connectivity index (χ1n) is 6.75. The number of methoxy groups -OCH3 is 1. The summed E-state index contributed by atoms with van der Waals surface area (Å²) in [6.07, 6.45) is 0.812. The zero-order valence-electron chi connectivity index (χ0n) is 12.4. The van der Waals surface area contributed by atoms with Crippen molar-refractivity contribution in [1.29, 1.82) is 0 Å². The molecule has 0 aliphatic rings. The molecule has 2 aromatic rings. The lowest BCUT2D eigenvalue weighted by Gasteiger charge is -2.08. The fourth-order valence-electron chi connectivity index (χ4n) is 2.10. The molecule has 5 nitrogen and oxygen atoms in total. The molecule has 0 aliphatic carbocycles. The van der Waals surface area contributed by atoms with Crippen molar-refractivity contribution in [2.24, 2.45) is 11.7 Å². The second kappa shape index (κ2) is 6.05. The first kappa shape index (κ1) is 14.5. The second-order valence-electron chi connectivity index (χ2n) is 5.40. The fraction of sp³-hybridized carbons (Fsp3) is 0.467.